The molecule has 1 aromatic rings. The fraction of sp³-hybridized carbons (Fsp3) is 0.500. The average Bonchev–Trinajstić information content (AvgIpc) is 2.48. The predicted molar refractivity (Wildman–Crippen MR) is 84.1 cm³/mol. The van der Waals surface area contributed by atoms with Gasteiger partial charge in [0, 0.05) is 24.0 Å². The van der Waals surface area contributed by atoms with Crippen LogP contribution in [-0.4, -0.2) is 35.0 Å². The Morgan fingerprint density at radius 3 is 2.86 bits per heavy atom. The molecule has 1 aliphatic heterocycles. The number of aliphatic carboxylic acids is 1. The molecule has 1 amide bonds. The normalized spacial score (nSPS) is 18.6. The van der Waals surface area contributed by atoms with Gasteiger partial charge in [-0.1, -0.05) is 28.1 Å². The Labute approximate surface area is 133 Å². The zero-order valence-electron chi connectivity index (χ0n) is 12.1. The molecule has 0 radical (unpaired) electrons. The SMILES string of the molecule is Cc1cc(CCC(=O)N2CCC[C@@H](C(=O)O)C2)ccc1Br. The lowest BCUT2D eigenvalue weighted by Crippen LogP contribution is -2.42. The summed E-state index contributed by atoms with van der Waals surface area (Å²) in [6.07, 6.45) is 2.58. The number of hydrogen-bond acceptors (Lipinski definition) is 2. The molecule has 0 spiro atoms. The second kappa shape index (κ2) is 7.07. The topological polar surface area (TPSA) is 57.6 Å². The van der Waals surface area contributed by atoms with E-state index in [2.05, 4.69) is 22.0 Å². The standard InChI is InChI=1S/C16H20BrNO3/c1-11-9-12(4-6-14(11)17)5-7-15(19)18-8-2-3-13(10-18)16(20)21/h4,6,9,13H,2-3,5,7-8,10H2,1H3,(H,20,21)/t13-/m1/s1. The van der Waals surface area contributed by atoms with Gasteiger partial charge in [-0.25, -0.2) is 0 Å². The van der Waals surface area contributed by atoms with Crippen molar-refractivity contribution < 1.29 is 14.7 Å². The Hall–Kier alpha value is -1.36. The van der Waals surface area contributed by atoms with Crippen molar-refractivity contribution in [3.05, 3.63) is 33.8 Å². The molecule has 1 aromatic carbocycles. The highest BCUT2D eigenvalue weighted by molar-refractivity contribution is 9.10. The number of aryl methyl sites for hydroxylation is 2. The minimum atomic E-state index is -0.795. The van der Waals surface area contributed by atoms with Crippen LogP contribution in [0.4, 0.5) is 0 Å². The van der Waals surface area contributed by atoms with E-state index in [0.717, 1.165) is 22.0 Å². The molecule has 0 unspecified atom stereocenters. The molecular formula is C16H20BrNO3. The summed E-state index contributed by atoms with van der Waals surface area (Å²) in [5, 5.41) is 9.06. The van der Waals surface area contributed by atoms with E-state index in [1.165, 1.54) is 0 Å². The van der Waals surface area contributed by atoms with Crippen molar-refractivity contribution >= 4 is 27.8 Å². The maximum atomic E-state index is 12.2. The number of carbonyl (C=O) groups is 2. The highest BCUT2D eigenvalue weighted by atomic mass is 79.9. The van der Waals surface area contributed by atoms with Crippen molar-refractivity contribution in [2.45, 2.75) is 32.6 Å². The second-order valence-electron chi connectivity index (χ2n) is 5.60. The van der Waals surface area contributed by atoms with E-state index in [9.17, 15) is 9.59 Å². The summed E-state index contributed by atoms with van der Waals surface area (Å²) < 4.78 is 1.07. The number of halogens is 1. The molecule has 2 rings (SSSR count). The lowest BCUT2D eigenvalue weighted by molar-refractivity contribution is -0.145. The molecule has 114 valence electrons. The van der Waals surface area contributed by atoms with E-state index < -0.39 is 11.9 Å². The smallest absolute Gasteiger partial charge is 0.308 e. The highest BCUT2D eigenvalue weighted by Crippen LogP contribution is 2.20. The van der Waals surface area contributed by atoms with Crippen LogP contribution < -0.4 is 0 Å². The molecule has 21 heavy (non-hydrogen) atoms. The van der Waals surface area contributed by atoms with Crippen molar-refractivity contribution in [2.24, 2.45) is 5.92 Å². The molecule has 0 saturated carbocycles. The van der Waals surface area contributed by atoms with Gasteiger partial charge in [0.25, 0.3) is 0 Å². The third kappa shape index (κ3) is 4.30. The maximum Gasteiger partial charge on any atom is 0.308 e. The number of piperidine rings is 1. The lowest BCUT2D eigenvalue weighted by atomic mass is 9.97. The van der Waals surface area contributed by atoms with Gasteiger partial charge in [0.15, 0.2) is 0 Å². The first-order chi connectivity index (χ1) is 9.97. The Balaban J connectivity index is 1.89. The van der Waals surface area contributed by atoms with Crippen LogP contribution >= 0.6 is 15.9 Å². The minimum absolute atomic E-state index is 0.0570. The van der Waals surface area contributed by atoms with Crippen LogP contribution in [0, 0.1) is 12.8 Å². The van der Waals surface area contributed by atoms with Crippen LogP contribution in [-0.2, 0) is 16.0 Å². The third-order valence-corrected chi connectivity index (χ3v) is 4.86. The van der Waals surface area contributed by atoms with Crippen molar-refractivity contribution in [2.75, 3.05) is 13.1 Å². The summed E-state index contributed by atoms with van der Waals surface area (Å²) in [4.78, 5) is 24.9. The molecule has 4 nitrogen and oxygen atoms in total. The summed E-state index contributed by atoms with van der Waals surface area (Å²) in [5.74, 6) is -1.14. The van der Waals surface area contributed by atoms with Crippen molar-refractivity contribution in [3.63, 3.8) is 0 Å². The summed E-state index contributed by atoms with van der Waals surface area (Å²) in [7, 11) is 0. The monoisotopic (exact) mass is 353 g/mol. The Morgan fingerprint density at radius 2 is 2.19 bits per heavy atom. The third-order valence-electron chi connectivity index (χ3n) is 3.97. The fourth-order valence-electron chi connectivity index (χ4n) is 2.68. The van der Waals surface area contributed by atoms with Gasteiger partial charge in [-0.15, -0.1) is 0 Å². The first-order valence-electron chi connectivity index (χ1n) is 7.23. The van der Waals surface area contributed by atoms with Gasteiger partial charge >= 0.3 is 5.97 Å². The van der Waals surface area contributed by atoms with E-state index in [-0.39, 0.29) is 5.91 Å². The summed E-state index contributed by atoms with van der Waals surface area (Å²) in [5.41, 5.74) is 2.29. The zero-order chi connectivity index (χ0) is 15.4. The fourth-order valence-corrected chi connectivity index (χ4v) is 2.92. The van der Waals surface area contributed by atoms with Crippen molar-refractivity contribution in [3.8, 4) is 0 Å². The number of nitrogens with zero attached hydrogens (tertiary/aromatic N) is 1. The number of benzene rings is 1. The van der Waals surface area contributed by atoms with Crippen LogP contribution in [0.2, 0.25) is 0 Å². The molecule has 1 aliphatic rings. The van der Waals surface area contributed by atoms with E-state index in [4.69, 9.17) is 5.11 Å². The molecule has 1 N–H and O–H groups in total. The first-order valence-corrected chi connectivity index (χ1v) is 8.02. The highest BCUT2D eigenvalue weighted by Gasteiger charge is 2.27. The second-order valence-corrected chi connectivity index (χ2v) is 6.46. The number of carboxylic acids is 1. The molecule has 1 saturated heterocycles. The average molecular weight is 354 g/mol. The van der Waals surface area contributed by atoms with Gasteiger partial charge in [0.1, 0.15) is 0 Å². The van der Waals surface area contributed by atoms with Gasteiger partial charge in [0.2, 0.25) is 5.91 Å². The number of hydrogen-bond donors (Lipinski definition) is 1. The van der Waals surface area contributed by atoms with E-state index in [0.29, 0.717) is 32.4 Å². The van der Waals surface area contributed by atoms with Crippen LogP contribution in [0.25, 0.3) is 0 Å². The molecular weight excluding hydrogens is 334 g/mol. The van der Waals surface area contributed by atoms with Crippen molar-refractivity contribution in [1.29, 1.82) is 0 Å². The number of rotatable bonds is 4. The first kappa shape index (κ1) is 16.0. The molecule has 0 aliphatic carbocycles. The number of amides is 1. The van der Waals surface area contributed by atoms with Crippen LogP contribution in [0.15, 0.2) is 22.7 Å². The van der Waals surface area contributed by atoms with Crippen LogP contribution in [0.3, 0.4) is 0 Å². The van der Waals surface area contributed by atoms with Gasteiger partial charge < -0.3 is 10.0 Å². The largest absolute Gasteiger partial charge is 0.481 e. The molecule has 0 bridgehead atoms. The van der Waals surface area contributed by atoms with E-state index >= 15 is 0 Å². The molecule has 1 atom stereocenters. The summed E-state index contributed by atoms with van der Waals surface area (Å²) in [6.45, 7) is 3.06. The zero-order valence-corrected chi connectivity index (χ0v) is 13.7. The maximum absolute atomic E-state index is 12.2. The van der Waals surface area contributed by atoms with Gasteiger partial charge in [-0.3, -0.25) is 9.59 Å². The molecule has 0 aromatic heterocycles. The van der Waals surface area contributed by atoms with Gasteiger partial charge in [0.05, 0.1) is 5.92 Å². The Morgan fingerprint density at radius 1 is 1.43 bits per heavy atom. The summed E-state index contributed by atoms with van der Waals surface area (Å²) >= 11 is 3.46. The Kier molecular flexibility index (Phi) is 5.39. The molecule has 5 heteroatoms. The van der Waals surface area contributed by atoms with Crippen LogP contribution in [0.5, 0.6) is 0 Å². The van der Waals surface area contributed by atoms with E-state index in [1.54, 1.807) is 4.90 Å². The number of likely N-dealkylation sites (tertiary alicyclic amines) is 1. The lowest BCUT2D eigenvalue weighted by Gasteiger charge is -2.30. The van der Waals surface area contributed by atoms with E-state index in [1.807, 2.05) is 19.1 Å². The number of carbonyl (C=O) groups excluding carboxylic acids is 1. The number of carboxylic acid groups (broad SMARTS) is 1. The van der Waals surface area contributed by atoms with Crippen molar-refractivity contribution in [1.82, 2.24) is 4.90 Å². The Bertz CT molecular complexity index is 544. The quantitative estimate of drug-likeness (QED) is 0.904. The van der Waals surface area contributed by atoms with Gasteiger partial charge in [-0.2, -0.15) is 0 Å². The molecule has 1 fully saturated rings. The van der Waals surface area contributed by atoms with Gasteiger partial charge in [-0.05, 0) is 43.4 Å². The predicted octanol–water partition coefficient (Wildman–Crippen LogP) is 3.01. The molecule has 1 heterocycles. The minimum Gasteiger partial charge on any atom is -0.481 e. The summed E-state index contributed by atoms with van der Waals surface area (Å²) in [6, 6.07) is 6.09. The van der Waals surface area contributed by atoms with Crippen LogP contribution in [0.1, 0.15) is 30.4 Å².